The molecule has 0 bridgehead atoms. The highest BCUT2D eigenvalue weighted by molar-refractivity contribution is 7.21. The van der Waals surface area contributed by atoms with Crippen LogP contribution in [0.25, 0.3) is 10.1 Å². The Hall–Kier alpha value is -1.22. The molecule has 3 heteroatoms. The summed E-state index contributed by atoms with van der Waals surface area (Å²) in [5.74, 6) is 0.898. The van der Waals surface area contributed by atoms with Crippen LogP contribution in [0.15, 0.2) is 24.3 Å². The molecule has 1 aromatic carbocycles. The molecule has 1 aliphatic heterocycles. The molecule has 3 rings (SSSR count). The van der Waals surface area contributed by atoms with Gasteiger partial charge in [0.15, 0.2) is 5.75 Å². The van der Waals surface area contributed by atoms with Gasteiger partial charge in [-0.05, 0) is 39.8 Å². The van der Waals surface area contributed by atoms with Gasteiger partial charge < -0.3 is 9.47 Å². The van der Waals surface area contributed by atoms with Gasteiger partial charge in [0, 0.05) is 10.1 Å². The smallest absolute Gasteiger partial charge is 0.218 e. The third-order valence-electron chi connectivity index (χ3n) is 3.67. The maximum Gasteiger partial charge on any atom is 0.218 e. The van der Waals surface area contributed by atoms with E-state index in [0.717, 1.165) is 16.2 Å². The van der Waals surface area contributed by atoms with Crippen molar-refractivity contribution in [2.75, 3.05) is 0 Å². The van der Waals surface area contributed by atoms with Gasteiger partial charge in [-0.15, -0.1) is 0 Å². The zero-order valence-corrected chi connectivity index (χ0v) is 11.4. The SMILES string of the molecule is CC1(C)Oc2sc3ccccc3c2OC1(C)C. The van der Waals surface area contributed by atoms with E-state index in [1.807, 2.05) is 12.1 Å². The Labute approximate surface area is 105 Å². The van der Waals surface area contributed by atoms with Gasteiger partial charge in [0.2, 0.25) is 5.06 Å². The maximum atomic E-state index is 6.17. The Bertz CT molecular complexity index is 581. The van der Waals surface area contributed by atoms with E-state index in [2.05, 4.69) is 39.8 Å². The molecule has 0 aliphatic carbocycles. The van der Waals surface area contributed by atoms with E-state index in [1.54, 1.807) is 11.3 Å². The Kier molecular flexibility index (Phi) is 2.03. The third-order valence-corrected chi connectivity index (χ3v) is 4.70. The summed E-state index contributed by atoms with van der Waals surface area (Å²) in [7, 11) is 0. The van der Waals surface area contributed by atoms with Gasteiger partial charge in [0.1, 0.15) is 11.2 Å². The maximum absolute atomic E-state index is 6.17. The molecule has 0 saturated carbocycles. The van der Waals surface area contributed by atoms with Crippen molar-refractivity contribution in [3.05, 3.63) is 24.3 Å². The zero-order chi connectivity index (χ0) is 12.3. The molecule has 0 fully saturated rings. The molecule has 1 aromatic heterocycles. The fourth-order valence-corrected chi connectivity index (χ4v) is 3.01. The minimum absolute atomic E-state index is 0.319. The number of fused-ring (bicyclic) bond motifs is 3. The van der Waals surface area contributed by atoms with Crippen molar-refractivity contribution in [2.24, 2.45) is 0 Å². The molecule has 1 aliphatic rings. The average molecular weight is 248 g/mol. The van der Waals surface area contributed by atoms with Crippen molar-refractivity contribution in [2.45, 2.75) is 38.9 Å². The van der Waals surface area contributed by atoms with Crippen LogP contribution in [0.3, 0.4) is 0 Å². The molecule has 90 valence electrons. The second kappa shape index (κ2) is 3.16. The van der Waals surface area contributed by atoms with Crippen LogP contribution in [0.4, 0.5) is 0 Å². The predicted molar refractivity (Wildman–Crippen MR) is 71.2 cm³/mol. The second-order valence-corrected chi connectivity index (χ2v) is 6.45. The lowest BCUT2D eigenvalue weighted by atomic mass is 9.88. The Morgan fingerprint density at radius 1 is 0.941 bits per heavy atom. The molecular formula is C14H16O2S. The molecule has 2 aromatic rings. The first-order valence-electron chi connectivity index (χ1n) is 5.80. The van der Waals surface area contributed by atoms with Gasteiger partial charge in [0.25, 0.3) is 0 Å². The molecule has 0 atom stereocenters. The van der Waals surface area contributed by atoms with Crippen LogP contribution in [-0.2, 0) is 0 Å². The van der Waals surface area contributed by atoms with Crippen molar-refractivity contribution in [3.8, 4) is 10.8 Å². The second-order valence-electron chi connectivity index (χ2n) is 5.44. The van der Waals surface area contributed by atoms with Crippen molar-refractivity contribution >= 4 is 21.4 Å². The Morgan fingerprint density at radius 2 is 1.59 bits per heavy atom. The molecule has 0 amide bonds. The summed E-state index contributed by atoms with van der Waals surface area (Å²) in [4.78, 5) is 0. The van der Waals surface area contributed by atoms with Crippen molar-refractivity contribution in [1.29, 1.82) is 0 Å². The van der Waals surface area contributed by atoms with Crippen LogP contribution >= 0.6 is 11.3 Å². The highest BCUT2D eigenvalue weighted by atomic mass is 32.1. The average Bonchev–Trinajstić information content (AvgIpc) is 2.55. The van der Waals surface area contributed by atoms with E-state index in [-0.39, 0.29) is 11.2 Å². The van der Waals surface area contributed by atoms with Crippen LogP contribution in [-0.4, -0.2) is 11.2 Å². The van der Waals surface area contributed by atoms with E-state index in [4.69, 9.17) is 9.47 Å². The van der Waals surface area contributed by atoms with E-state index in [0.29, 0.717) is 0 Å². The molecular weight excluding hydrogens is 232 g/mol. The molecule has 0 radical (unpaired) electrons. The van der Waals surface area contributed by atoms with Crippen LogP contribution in [0.1, 0.15) is 27.7 Å². The molecule has 0 unspecified atom stereocenters. The molecule has 0 spiro atoms. The topological polar surface area (TPSA) is 18.5 Å². The van der Waals surface area contributed by atoms with E-state index < -0.39 is 0 Å². The monoisotopic (exact) mass is 248 g/mol. The van der Waals surface area contributed by atoms with Crippen LogP contribution in [0.5, 0.6) is 10.8 Å². The largest absolute Gasteiger partial charge is 0.478 e. The number of ether oxygens (including phenoxy) is 2. The number of thiophene rings is 1. The standard InChI is InChI=1S/C14H16O2S/c1-13(2)14(3,4)16-12-11(15-13)9-7-5-6-8-10(9)17-12/h5-8H,1-4H3. The lowest BCUT2D eigenvalue weighted by molar-refractivity contribution is -0.0951. The van der Waals surface area contributed by atoms with Gasteiger partial charge in [0.05, 0.1) is 0 Å². The van der Waals surface area contributed by atoms with Gasteiger partial charge in [-0.2, -0.15) is 0 Å². The van der Waals surface area contributed by atoms with Gasteiger partial charge >= 0.3 is 0 Å². The number of hydrogen-bond acceptors (Lipinski definition) is 3. The Balaban J connectivity index is 2.23. The summed E-state index contributed by atoms with van der Waals surface area (Å²) >= 11 is 1.66. The molecule has 17 heavy (non-hydrogen) atoms. The van der Waals surface area contributed by atoms with Crippen molar-refractivity contribution in [1.82, 2.24) is 0 Å². The van der Waals surface area contributed by atoms with Gasteiger partial charge in [-0.25, -0.2) is 0 Å². The summed E-state index contributed by atoms with van der Waals surface area (Å²) in [5.41, 5.74) is -0.648. The van der Waals surface area contributed by atoms with Crippen LogP contribution < -0.4 is 9.47 Å². The van der Waals surface area contributed by atoms with Gasteiger partial charge in [-0.1, -0.05) is 23.5 Å². The van der Waals surface area contributed by atoms with Crippen molar-refractivity contribution in [3.63, 3.8) is 0 Å². The number of rotatable bonds is 0. The summed E-state index contributed by atoms with van der Waals surface area (Å²) in [6.45, 7) is 8.28. The van der Waals surface area contributed by atoms with Crippen LogP contribution in [0, 0.1) is 0 Å². The highest BCUT2D eigenvalue weighted by Gasteiger charge is 2.46. The summed E-state index contributed by atoms with van der Waals surface area (Å²) in [6.07, 6.45) is 0. The molecule has 0 saturated heterocycles. The molecule has 0 N–H and O–H groups in total. The van der Waals surface area contributed by atoms with E-state index >= 15 is 0 Å². The summed E-state index contributed by atoms with van der Waals surface area (Å²) in [6, 6.07) is 8.26. The first kappa shape index (κ1) is 10.9. The summed E-state index contributed by atoms with van der Waals surface area (Å²) in [5, 5.41) is 2.05. The van der Waals surface area contributed by atoms with Crippen molar-refractivity contribution < 1.29 is 9.47 Å². The molecule has 2 heterocycles. The first-order chi connectivity index (χ1) is 7.91. The minimum atomic E-state index is -0.330. The lowest BCUT2D eigenvalue weighted by Crippen LogP contribution is -2.55. The normalized spacial score (nSPS) is 20.5. The zero-order valence-electron chi connectivity index (χ0n) is 10.5. The number of benzene rings is 1. The predicted octanol–water partition coefficient (Wildman–Crippen LogP) is 4.23. The lowest BCUT2D eigenvalue weighted by Gasteiger charge is -2.44. The minimum Gasteiger partial charge on any atom is -0.478 e. The number of hydrogen-bond donors (Lipinski definition) is 0. The quantitative estimate of drug-likeness (QED) is 0.694. The van der Waals surface area contributed by atoms with E-state index in [9.17, 15) is 0 Å². The summed E-state index contributed by atoms with van der Waals surface area (Å²) < 4.78 is 13.5. The fourth-order valence-electron chi connectivity index (χ4n) is 1.90. The highest BCUT2D eigenvalue weighted by Crippen LogP contribution is 2.51. The van der Waals surface area contributed by atoms with E-state index in [1.165, 1.54) is 4.70 Å². The molecule has 2 nitrogen and oxygen atoms in total. The fraction of sp³-hybridized carbons (Fsp3) is 0.429. The first-order valence-corrected chi connectivity index (χ1v) is 6.62. The van der Waals surface area contributed by atoms with Crippen LogP contribution in [0.2, 0.25) is 0 Å². The Morgan fingerprint density at radius 3 is 2.35 bits per heavy atom. The third kappa shape index (κ3) is 1.45. The van der Waals surface area contributed by atoms with Gasteiger partial charge in [-0.3, -0.25) is 0 Å².